The summed E-state index contributed by atoms with van der Waals surface area (Å²) in [5.41, 5.74) is 0.138. The first kappa shape index (κ1) is 13.9. The number of aliphatic hydroxyl groups excluding tert-OH is 1. The van der Waals surface area contributed by atoms with E-state index in [4.69, 9.17) is 0 Å². The molecule has 0 amide bonds. The summed E-state index contributed by atoms with van der Waals surface area (Å²) in [6, 6.07) is 0.424. The lowest BCUT2D eigenvalue weighted by atomic mass is 9.70. The van der Waals surface area contributed by atoms with Gasteiger partial charge in [-0.25, -0.2) is 0 Å². The molecule has 1 aliphatic heterocycles. The summed E-state index contributed by atoms with van der Waals surface area (Å²) in [4.78, 5) is 12.4. The van der Waals surface area contributed by atoms with Crippen molar-refractivity contribution in [2.24, 2.45) is 16.7 Å². The third kappa shape index (κ3) is 2.07. The summed E-state index contributed by atoms with van der Waals surface area (Å²) in [5, 5.41) is 12.9. The van der Waals surface area contributed by atoms with Crippen LogP contribution in [0.5, 0.6) is 0 Å². The average molecular weight is 283 g/mol. The number of carbonyl (C=O) groups is 1. The molecular weight excluding hydrogens is 258 g/mol. The number of hydrogen-bond donors (Lipinski definition) is 2. The molecule has 0 aromatic carbocycles. The first-order valence-corrected chi connectivity index (χ1v) is 8.64. The van der Waals surface area contributed by atoms with Gasteiger partial charge in [0.05, 0.1) is 6.10 Å². The molecule has 2 aliphatic carbocycles. The van der Waals surface area contributed by atoms with E-state index in [1.165, 1.54) is 6.42 Å². The van der Waals surface area contributed by atoms with Gasteiger partial charge in [-0.1, -0.05) is 13.8 Å². The third-order valence-corrected chi connectivity index (χ3v) is 7.34. The lowest BCUT2D eigenvalue weighted by molar-refractivity contribution is -0.127. The van der Waals surface area contributed by atoms with Gasteiger partial charge in [-0.05, 0) is 30.6 Å². The first-order chi connectivity index (χ1) is 8.96. The number of nitrogens with one attached hydrogen (secondary N) is 1. The van der Waals surface area contributed by atoms with Gasteiger partial charge in [0.2, 0.25) is 0 Å². The molecule has 4 heteroatoms. The number of β-amino-alcohol motifs (C(OH)–C–C–N with tert-alkyl or cyclic N) is 1. The molecule has 4 atom stereocenters. The molecule has 2 saturated carbocycles. The van der Waals surface area contributed by atoms with Gasteiger partial charge in [-0.2, -0.15) is 11.8 Å². The van der Waals surface area contributed by atoms with Crippen LogP contribution < -0.4 is 5.32 Å². The Bertz CT molecular complexity index is 384. The Balaban J connectivity index is 1.58. The second kappa shape index (κ2) is 4.74. The van der Waals surface area contributed by atoms with Gasteiger partial charge in [0.15, 0.2) is 0 Å². The maximum Gasteiger partial charge on any atom is 0.140 e. The van der Waals surface area contributed by atoms with Crippen LogP contribution >= 0.6 is 11.8 Å². The van der Waals surface area contributed by atoms with Crippen molar-refractivity contribution >= 4 is 17.5 Å². The first-order valence-electron chi connectivity index (χ1n) is 7.48. The highest BCUT2D eigenvalue weighted by Crippen LogP contribution is 2.64. The van der Waals surface area contributed by atoms with Crippen LogP contribution in [-0.4, -0.2) is 41.1 Å². The van der Waals surface area contributed by atoms with Crippen LogP contribution in [0.3, 0.4) is 0 Å². The van der Waals surface area contributed by atoms with Crippen molar-refractivity contribution in [2.45, 2.75) is 51.7 Å². The highest BCUT2D eigenvalue weighted by molar-refractivity contribution is 7.99. The SMILES string of the molecule is CC1(C)C2CC[C@@]1(CSC[C@@H]1C[C@@H](O)CN1)C(=O)C2. The van der Waals surface area contributed by atoms with E-state index >= 15 is 0 Å². The minimum absolute atomic E-state index is 0.0560. The van der Waals surface area contributed by atoms with Crippen molar-refractivity contribution in [1.82, 2.24) is 5.32 Å². The number of aliphatic hydroxyl groups is 1. The van der Waals surface area contributed by atoms with E-state index < -0.39 is 0 Å². The quantitative estimate of drug-likeness (QED) is 0.826. The Morgan fingerprint density at radius 1 is 1.47 bits per heavy atom. The highest BCUT2D eigenvalue weighted by atomic mass is 32.2. The summed E-state index contributed by atoms with van der Waals surface area (Å²) in [7, 11) is 0. The van der Waals surface area contributed by atoms with Crippen LogP contribution in [0.2, 0.25) is 0 Å². The lowest BCUT2D eigenvalue weighted by Gasteiger charge is -2.36. The van der Waals surface area contributed by atoms with Gasteiger partial charge in [-0.15, -0.1) is 0 Å². The zero-order valence-corrected chi connectivity index (χ0v) is 12.8. The predicted molar refractivity (Wildman–Crippen MR) is 78.3 cm³/mol. The third-order valence-electron chi connectivity index (χ3n) is 6.01. The van der Waals surface area contributed by atoms with E-state index in [-0.39, 0.29) is 16.9 Å². The molecule has 3 fully saturated rings. The largest absolute Gasteiger partial charge is 0.392 e. The smallest absolute Gasteiger partial charge is 0.140 e. The lowest BCUT2D eigenvalue weighted by Crippen LogP contribution is -2.39. The summed E-state index contributed by atoms with van der Waals surface area (Å²) in [5.74, 6) is 3.13. The second-order valence-electron chi connectivity index (χ2n) is 7.18. The van der Waals surface area contributed by atoms with Crippen LogP contribution in [0.1, 0.15) is 39.5 Å². The molecule has 3 nitrogen and oxygen atoms in total. The summed E-state index contributed by atoms with van der Waals surface area (Å²) < 4.78 is 0. The van der Waals surface area contributed by atoms with Crippen LogP contribution in [-0.2, 0) is 4.79 Å². The van der Waals surface area contributed by atoms with Crippen molar-refractivity contribution in [2.75, 3.05) is 18.1 Å². The van der Waals surface area contributed by atoms with Crippen LogP contribution in [0.15, 0.2) is 0 Å². The molecule has 3 rings (SSSR count). The Morgan fingerprint density at radius 3 is 2.79 bits per heavy atom. The number of thioether (sulfide) groups is 1. The molecule has 2 bridgehead atoms. The number of carbonyl (C=O) groups excluding carboxylic acids is 1. The summed E-state index contributed by atoms with van der Waals surface area (Å²) >= 11 is 1.91. The highest BCUT2D eigenvalue weighted by Gasteiger charge is 2.63. The van der Waals surface area contributed by atoms with Gasteiger partial charge in [0.25, 0.3) is 0 Å². The van der Waals surface area contributed by atoms with E-state index in [1.807, 2.05) is 11.8 Å². The predicted octanol–water partition coefficient (Wildman–Crippen LogP) is 1.84. The van der Waals surface area contributed by atoms with Gasteiger partial charge in [0, 0.05) is 35.9 Å². The number of ketones is 1. The molecular formula is C15H25NO2S. The standard InChI is InChI=1S/C15H25NO2S/c1-14(2)10-3-4-15(14,13(18)5-10)9-19-8-11-6-12(17)7-16-11/h10-12,16-17H,3-9H2,1-2H3/t10?,11-,12+,15+/m0/s1. The van der Waals surface area contributed by atoms with Gasteiger partial charge < -0.3 is 10.4 Å². The maximum absolute atomic E-state index is 12.4. The van der Waals surface area contributed by atoms with Crippen molar-refractivity contribution in [3.63, 3.8) is 0 Å². The monoisotopic (exact) mass is 283 g/mol. The number of rotatable bonds is 4. The van der Waals surface area contributed by atoms with Crippen LogP contribution in [0.4, 0.5) is 0 Å². The number of fused-ring (bicyclic) bond motifs is 2. The van der Waals surface area contributed by atoms with Gasteiger partial charge >= 0.3 is 0 Å². The minimum Gasteiger partial charge on any atom is -0.392 e. The fourth-order valence-corrected chi connectivity index (χ4v) is 6.09. The van der Waals surface area contributed by atoms with E-state index in [9.17, 15) is 9.90 Å². The fourth-order valence-electron chi connectivity index (χ4n) is 4.41. The molecule has 1 saturated heterocycles. The molecule has 0 aromatic heterocycles. The molecule has 2 N–H and O–H groups in total. The van der Waals surface area contributed by atoms with Gasteiger partial charge in [-0.3, -0.25) is 4.79 Å². The molecule has 1 heterocycles. The summed E-state index contributed by atoms with van der Waals surface area (Å²) in [6.07, 6.45) is 3.83. The van der Waals surface area contributed by atoms with E-state index in [2.05, 4.69) is 19.2 Å². The van der Waals surface area contributed by atoms with Crippen molar-refractivity contribution < 1.29 is 9.90 Å². The van der Waals surface area contributed by atoms with Crippen molar-refractivity contribution in [3.05, 3.63) is 0 Å². The molecule has 3 aliphatic rings. The normalized spacial score (nSPS) is 44.2. The zero-order valence-electron chi connectivity index (χ0n) is 11.9. The topological polar surface area (TPSA) is 49.3 Å². The van der Waals surface area contributed by atoms with E-state index in [1.54, 1.807) is 0 Å². The van der Waals surface area contributed by atoms with Crippen LogP contribution in [0, 0.1) is 16.7 Å². The van der Waals surface area contributed by atoms with Gasteiger partial charge in [0.1, 0.15) is 5.78 Å². The average Bonchev–Trinajstić information content (AvgIpc) is 2.91. The number of hydrogen-bond acceptors (Lipinski definition) is 4. The van der Waals surface area contributed by atoms with E-state index in [0.29, 0.717) is 17.7 Å². The molecule has 0 aromatic rings. The maximum atomic E-state index is 12.4. The Kier molecular flexibility index (Phi) is 3.47. The molecule has 0 spiro atoms. The molecule has 19 heavy (non-hydrogen) atoms. The minimum atomic E-state index is -0.177. The summed E-state index contributed by atoms with van der Waals surface area (Å²) in [6.45, 7) is 5.32. The van der Waals surface area contributed by atoms with Crippen molar-refractivity contribution in [3.8, 4) is 0 Å². The zero-order chi connectivity index (χ0) is 13.7. The fraction of sp³-hybridized carbons (Fsp3) is 0.933. The van der Waals surface area contributed by atoms with Crippen molar-refractivity contribution in [1.29, 1.82) is 0 Å². The number of Topliss-reactive ketones (excluding diaryl/α,β-unsaturated/α-hetero) is 1. The van der Waals surface area contributed by atoms with E-state index in [0.717, 1.165) is 37.3 Å². The Hall–Kier alpha value is -0.0600. The Labute approximate surface area is 119 Å². The molecule has 108 valence electrons. The molecule has 1 unspecified atom stereocenters. The second-order valence-corrected chi connectivity index (χ2v) is 8.21. The molecule has 0 radical (unpaired) electrons. The van der Waals surface area contributed by atoms with Crippen LogP contribution in [0.25, 0.3) is 0 Å². The Morgan fingerprint density at radius 2 is 2.26 bits per heavy atom.